The van der Waals surface area contributed by atoms with Crippen LogP contribution in [0, 0.1) is 0 Å². The van der Waals surface area contributed by atoms with Crippen molar-refractivity contribution in [1.82, 2.24) is 0 Å². The van der Waals surface area contributed by atoms with E-state index in [4.69, 9.17) is 5.73 Å². The average Bonchev–Trinajstić information content (AvgIpc) is 2.40. The van der Waals surface area contributed by atoms with Crippen LogP contribution in [0.2, 0.25) is 0 Å². The van der Waals surface area contributed by atoms with Crippen LogP contribution in [-0.2, 0) is 0 Å². The SMILES string of the molecule is CCCC(N)=NC1CCSC1. The lowest BCUT2D eigenvalue weighted by molar-refractivity contribution is 0.753. The molecular formula is C8H16N2S. The van der Waals surface area contributed by atoms with Crippen molar-refractivity contribution in [1.29, 1.82) is 0 Å². The monoisotopic (exact) mass is 172 g/mol. The highest BCUT2D eigenvalue weighted by Gasteiger charge is 2.13. The third kappa shape index (κ3) is 3.14. The fraction of sp³-hybridized carbons (Fsp3) is 0.875. The fourth-order valence-corrected chi connectivity index (χ4v) is 2.30. The summed E-state index contributed by atoms with van der Waals surface area (Å²) in [5, 5.41) is 0. The van der Waals surface area contributed by atoms with E-state index >= 15 is 0 Å². The first kappa shape index (κ1) is 8.91. The standard InChI is InChI=1S/C8H16N2S/c1-2-3-8(9)10-7-4-5-11-6-7/h7H,2-6H2,1H3,(H2,9,10). The second kappa shape index (κ2) is 4.65. The van der Waals surface area contributed by atoms with E-state index in [-0.39, 0.29) is 0 Å². The molecule has 1 rings (SSSR count). The lowest BCUT2D eigenvalue weighted by Gasteiger charge is -2.03. The second-order valence-electron chi connectivity index (χ2n) is 2.89. The zero-order chi connectivity index (χ0) is 8.10. The van der Waals surface area contributed by atoms with Crippen molar-refractivity contribution >= 4 is 17.6 Å². The van der Waals surface area contributed by atoms with E-state index < -0.39 is 0 Å². The van der Waals surface area contributed by atoms with Gasteiger partial charge in [0.2, 0.25) is 0 Å². The minimum absolute atomic E-state index is 0.520. The van der Waals surface area contributed by atoms with Crippen molar-refractivity contribution in [3.63, 3.8) is 0 Å². The normalized spacial score (nSPS) is 25.9. The zero-order valence-electron chi connectivity index (χ0n) is 7.05. The number of rotatable bonds is 3. The van der Waals surface area contributed by atoms with Crippen molar-refractivity contribution in [2.45, 2.75) is 32.2 Å². The van der Waals surface area contributed by atoms with Crippen molar-refractivity contribution in [3.05, 3.63) is 0 Å². The molecule has 0 aliphatic carbocycles. The molecule has 0 bridgehead atoms. The van der Waals surface area contributed by atoms with Gasteiger partial charge in [0.1, 0.15) is 0 Å². The maximum atomic E-state index is 5.70. The summed E-state index contributed by atoms with van der Waals surface area (Å²) in [6, 6.07) is 0.520. The summed E-state index contributed by atoms with van der Waals surface area (Å²) in [6.45, 7) is 2.13. The summed E-state index contributed by atoms with van der Waals surface area (Å²) in [7, 11) is 0. The molecule has 2 nitrogen and oxygen atoms in total. The fourth-order valence-electron chi connectivity index (χ4n) is 1.18. The molecule has 0 aromatic rings. The predicted octanol–water partition coefficient (Wildman–Crippen LogP) is 1.65. The lowest BCUT2D eigenvalue weighted by Crippen LogP contribution is -2.15. The number of nitrogens with zero attached hydrogens (tertiary/aromatic N) is 1. The van der Waals surface area contributed by atoms with Crippen molar-refractivity contribution in [2.75, 3.05) is 11.5 Å². The zero-order valence-corrected chi connectivity index (χ0v) is 7.86. The Bertz CT molecular complexity index is 139. The molecule has 2 N–H and O–H groups in total. The summed E-state index contributed by atoms with van der Waals surface area (Å²) in [5.74, 6) is 3.28. The summed E-state index contributed by atoms with van der Waals surface area (Å²) in [6.07, 6.45) is 3.28. The van der Waals surface area contributed by atoms with Gasteiger partial charge >= 0.3 is 0 Å². The number of hydrogen-bond donors (Lipinski definition) is 1. The van der Waals surface area contributed by atoms with Gasteiger partial charge in [0, 0.05) is 12.2 Å². The van der Waals surface area contributed by atoms with E-state index in [2.05, 4.69) is 11.9 Å². The second-order valence-corrected chi connectivity index (χ2v) is 4.04. The Hall–Kier alpha value is -0.180. The Morgan fingerprint density at radius 3 is 3.09 bits per heavy atom. The van der Waals surface area contributed by atoms with Gasteiger partial charge in [0.05, 0.1) is 11.9 Å². The van der Waals surface area contributed by atoms with Gasteiger partial charge in [-0.3, -0.25) is 4.99 Å². The molecule has 1 saturated heterocycles. The van der Waals surface area contributed by atoms with Gasteiger partial charge in [-0.05, 0) is 18.6 Å². The highest BCUT2D eigenvalue weighted by molar-refractivity contribution is 7.99. The van der Waals surface area contributed by atoms with Crippen molar-refractivity contribution in [2.24, 2.45) is 10.7 Å². The van der Waals surface area contributed by atoms with Crippen LogP contribution in [0.25, 0.3) is 0 Å². The topological polar surface area (TPSA) is 38.4 Å². The highest BCUT2D eigenvalue weighted by Crippen LogP contribution is 2.19. The maximum Gasteiger partial charge on any atom is 0.0940 e. The maximum absolute atomic E-state index is 5.70. The smallest absolute Gasteiger partial charge is 0.0940 e. The molecule has 1 aliphatic heterocycles. The molecule has 0 radical (unpaired) electrons. The number of amidine groups is 1. The minimum Gasteiger partial charge on any atom is -0.387 e. The molecule has 1 heterocycles. The molecular weight excluding hydrogens is 156 g/mol. The Morgan fingerprint density at radius 2 is 2.55 bits per heavy atom. The third-order valence-corrected chi connectivity index (χ3v) is 2.91. The quantitative estimate of drug-likeness (QED) is 0.519. The number of thioether (sulfide) groups is 1. The number of nitrogens with two attached hydrogens (primary N) is 1. The number of aliphatic imine (C=N–C) groups is 1. The van der Waals surface area contributed by atoms with Crippen LogP contribution in [0.3, 0.4) is 0 Å². The first-order valence-corrected chi connectivity index (χ1v) is 5.38. The Kier molecular flexibility index (Phi) is 3.77. The van der Waals surface area contributed by atoms with Gasteiger partial charge in [0.25, 0.3) is 0 Å². The van der Waals surface area contributed by atoms with E-state index in [1.54, 1.807) is 0 Å². The van der Waals surface area contributed by atoms with Crippen LogP contribution < -0.4 is 5.73 Å². The minimum atomic E-state index is 0.520. The molecule has 0 amide bonds. The predicted molar refractivity (Wildman–Crippen MR) is 52.3 cm³/mol. The van der Waals surface area contributed by atoms with Gasteiger partial charge in [0.15, 0.2) is 0 Å². The Balaban J connectivity index is 2.30. The summed E-state index contributed by atoms with van der Waals surface area (Å²) >= 11 is 1.98. The van der Waals surface area contributed by atoms with Crippen molar-refractivity contribution < 1.29 is 0 Å². The van der Waals surface area contributed by atoms with E-state index in [9.17, 15) is 0 Å². The number of hydrogen-bond acceptors (Lipinski definition) is 2. The van der Waals surface area contributed by atoms with Gasteiger partial charge in [-0.1, -0.05) is 6.92 Å². The van der Waals surface area contributed by atoms with Crippen LogP contribution in [0.1, 0.15) is 26.2 Å². The first-order chi connectivity index (χ1) is 5.33. The average molecular weight is 172 g/mol. The van der Waals surface area contributed by atoms with Gasteiger partial charge in [-0.15, -0.1) is 0 Å². The first-order valence-electron chi connectivity index (χ1n) is 4.22. The van der Waals surface area contributed by atoms with Crippen molar-refractivity contribution in [3.8, 4) is 0 Å². The summed E-state index contributed by atoms with van der Waals surface area (Å²) < 4.78 is 0. The molecule has 1 fully saturated rings. The van der Waals surface area contributed by atoms with Gasteiger partial charge < -0.3 is 5.73 Å². The molecule has 64 valence electrons. The molecule has 11 heavy (non-hydrogen) atoms. The third-order valence-electron chi connectivity index (χ3n) is 1.76. The molecule has 1 aliphatic rings. The van der Waals surface area contributed by atoms with Gasteiger partial charge in [-0.25, -0.2) is 0 Å². The summed E-state index contributed by atoms with van der Waals surface area (Å²) in [5.41, 5.74) is 5.70. The molecule has 0 aromatic heterocycles. The Morgan fingerprint density at radius 1 is 1.73 bits per heavy atom. The Labute approximate surface area is 72.6 Å². The van der Waals surface area contributed by atoms with Crippen LogP contribution in [0.5, 0.6) is 0 Å². The lowest BCUT2D eigenvalue weighted by atomic mass is 10.2. The van der Waals surface area contributed by atoms with Crippen LogP contribution in [-0.4, -0.2) is 23.4 Å². The molecule has 3 heteroatoms. The summed E-state index contributed by atoms with van der Waals surface area (Å²) in [4.78, 5) is 4.44. The van der Waals surface area contributed by atoms with Crippen LogP contribution in [0.4, 0.5) is 0 Å². The van der Waals surface area contributed by atoms with E-state index in [1.165, 1.54) is 17.9 Å². The van der Waals surface area contributed by atoms with E-state index in [0.717, 1.165) is 18.7 Å². The van der Waals surface area contributed by atoms with E-state index in [0.29, 0.717) is 6.04 Å². The molecule has 0 saturated carbocycles. The molecule has 0 spiro atoms. The molecule has 1 unspecified atom stereocenters. The largest absolute Gasteiger partial charge is 0.387 e. The van der Waals surface area contributed by atoms with Crippen LogP contribution in [0.15, 0.2) is 4.99 Å². The molecule has 0 aromatic carbocycles. The van der Waals surface area contributed by atoms with Crippen LogP contribution >= 0.6 is 11.8 Å². The van der Waals surface area contributed by atoms with Gasteiger partial charge in [-0.2, -0.15) is 11.8 Å². The highest BCUT2D eigenvalue weighted by atomic mass is 32.2. The van der Waals surface area contributed by atoms with E-state index in [1.807, 2.05) is 11.8 Å². The molecule has 1 atom stereocenters.